The topological polar surface area (TPSA) is 35.0 Å². The Morgan fingerprint density at radius 1 is 0.833 bits per heavy atom. The second kappa shape index (κ2) is 13.1. The van der Waals surface area contributed by atoms with Crippen LogP contribution in [-0.4, -0.2) is 18.3 Å². The molecule has 0 saturated heterocycles. The number of aryl methyl sites for hydroxylation is 1. The quantitative estimate of drug-likeness (QED) is 0.165. The number of benzene rings is 2. The average Bonchev–Trinajstić information content (AvgIpc) is 2.82. The molecule has 196 valence electrons. The van der Waals surface area contributed by atoms with Gasteiger partial charge in [0.15, 0.2) is 5.82 Å². The third-order valence-corrected chi connectivity index (χ3v) is 12.2. The summed E-state index contributed by atoms with van der Waals surface area (Å²) in [4.78, 5) is 9.95. The van der Waals surface area contributed by atoms with Crippen molar-refractivity contribution in [1.29, 1.82) is 0 Å². The Kier molecular flexibility index (Phi) is 10.4. The van der Waals surface area contributed by atoms with E-state index in [0.717, 1.165) is 40.8 Å². The molecule has 3 nitrogen and oxygen atoms in total. The second-order valence-electron chi connectivity index (χ2n) is 11.6. The molecule has 1 heterocycles. The maximum Gasteiger partial charge on any atom is 0.250 e. The van der Waals surface area contributed by atoms with Crippen LogP contribution < -0.4 is 4.43 Å². The molecule has 0 aliphatic heterocycles. The molecule has 2 aromatic carbocycles. The lowest BCUT2D eigenvalue weighted by Crippen LogP contribution is -2.43. The summed E-state index contributed by atoms with van der Waals surface area (Å²) in [5.41, 5.74) is 2.93. The van der Waals surface area contributed by atoms with Crippen molar-refractivity contribution in [3.63, 3.8) is 0 Å². The van der Waals surface area contributed by atoms with E-state index in [-0.39, 0.29) is 5.04 Å². The number of rotatable bonds is 13. The normalized spacial score (nSPS) is 12.3. The van der Waals surface area contributed by atoms with Crippen LogP contribution in [0.2, 0.25) is 23.2 Å². The van der Waals surface area contributed by atoms with Gasteiger partial charge in [-0.1, -0.05) is 103 Å². The molecule has 3 aromatic rings. The highest BCUT2D eigenvalue weighted by Gasteiger charge is 2.39. The Morgan fingerprint density at radius 3 is 2.11 bits per heavy atom. The lowest BCUT2D eigenvalue weighted by molar-refractivity contribution is 0.492. The van der Waals surface area contributed by atoms with Gasteiger partial charge in [-0.3, -0.25) is 0 Å². The minimum Gasteiger partial charge on any atom is -0.543 e. The summed E-state index contributed by atoms with van der Waals surface area (Å²) in [5, 5.41) is 1.93. The molecule has 0 spiro atoms. The zero-order valence-corrected chi connectivity index (χ0v) is 25.0. The highest BCUT2D eigenvalue weighted by molar-refractivity contribution is 6.74. The highest BCUT2D eigenvalue weighted by Crippen LogP contribution is 2.38. The van der Waals surface area contributed by atoms with Crippen molar-refractivity contribution in [2.24, 2.45) is 0 Å². The van der Waals surface area contributed by atoms with Crippen molar-refractivity contribution < 1.29 is 4.43 Å². The maximum absolute atomic E-state index is 6.62. The first-order valence-corrected chi connectivity index (χ1v) is 17.2. The summed E-state index contributed by atoms with van der Waals surface area (Å²) in [6.45, 7) is 13.7. The van der Waals surface area contributed by atoms with Crippen molar-refractivity contribution in [2.75, 3.05) is 0 Å². The van der Waals surface area contributed by atoms with E-state index in [0.29, 0.717) is 10.8 Å². The molecule has 0 aliphatic carbocycles. The van der Waals surface area contributed by atoms with E-state index in [1.807, 2.05) is 24.3 Å². The predicted octanol–water partition coefficient (Wildman–Crippen LogP) is 10.4. The highest BCUT2D eigenvalue weighted by atomic mass is 35.5. The van der Waals surface area contributed by atoms with Crippen molar-refractivity contribution >= 4 is 30.8 Å². The molecular formula is C31H45ClN2OSi. The molecule has 0 aliphatic rings. The SMILES string of the molecule is CCCCCCCCCCCc1nc(-c2ccccc2Cl)nc2ccc(O[Si](C)(C)C(C)(C)C)cc12. The maximum atomic E-state index is 6.62. The van der Waals surface area contributed by atoms with Crippen LogP contribution in [0.15, 0.2) is 42.5 Å². The Hall–Kier alpha value is -1.91. The van der Waals surface area contributed by atoms with Gasteiger partial charge in [0.05, 0.1) is 16.2 Å². The Balaban J connectivity index is 1.82. The number of aromatic nitrogens is 2. The zero-order chi connectivity index (χ0) is 26.2. The Morgan fingerprint density at radius 2 is 1.47 bits per heavy atom. The fourth-order valence-electron chi connectivity index (χ4n) is 4.24. The summed E-state index contributed by atoms with van der Waals surface area (Å²) in [5.74, 6) is 1.63. The standard InChI is InChI=1S/C31H45ClN2OSi/c1-7-8-9-10-11-12-13-14-15-20-28-26-23-24(35-36(5,6)31(2,3)4)21-22-29(26)34-30(33-28)25-18-16-17-19-27(25)32/h16-19,21-23H,7-15,20H2,1-6H3. The van der Waals surface area contributed by atoms with E-state index in [1.165, 1.54) is 51.4 Å². The van der Waals surface area contributed by atoms with Gasteiger partial charge in [-0.05, 0) is 61.3 Å². The van der Waals surface area contributed by atoms with Crippen molar-refractivity contribution in [1.82, 2.24) is 9.97 Å². The third-order valence-electron chi connectivity index (χ3n) is 7.56. The van der Waals surface area contributed by atoms with Gasteiger partial charge in [-0.2, -0.15) is 0 Å². The van der Waals surface area contributed by atoms with Crippen molar-refractivity contribution in [2.45, 2.75) is 110 Å². The molecular weight excluding hydrogens is 480 g/mol. The first-order valence-electron chi connectivity index (χ1n) is 13.9. The molecule has 5 heteroatoms. The molecule has 0 saturated carbocycles. The van der Waals surface area contributed by atoms with Gasteiger partial charge in [-0.15, -0.1) is 0 Å². The number of hydrogen-bond donors (Lipinski definition) is 0. The van der Waals surface area contributed by atoms with Gasteiger partial charge >= 0.3 is 0 Å². The second-order valence-corrected chi connectivity index (χ2v) is 16.7. The largest absolute Gasteiger partial charge is 0.543 e. The zero-order valence-electron chi connectivity index (χ0n) is 23.3. The van der Waals surface area contributed by atoms with Crippen LogP contribution in [0.3, 0.4) is 0 Å². The Labute approximate surface area is 225 Å². The monoisotopic (exact) mass is 524 g/mol. The number of halogens is 1. The molecule has 0 atom stereocenters. The molecule has 36 heavy (non-hydrogen) atoms. The number of unbranched alkanes of at least 4 members (excludes halogenated alkanes) is 8. The fraction of sp³-hybridized carbons (Fsp3) is 0.548. The summed E-state index contributed by atoms with van der Waals surface area (Å²) in [7, 11) is -1.93. The first-order chi connectivity index (χ1) is 17.1. The van der Waals surface area contributed by atoms with E-state index in [2.05, 4.69) is 59.0 Å². The third kappa shape index (κ3) is 7.79. The van der Waals surface area contributed by atoms with Crippen LogP contribution in [0.25, 0.3) is 22.3 Å². The van der Waals surface area contributed by atoms with Gasteiger partial charge in [0.25, 0.3) is 0 Å². The minimum atomic E-state index is -1.93. The average molecular weight is 525 g/mol. The molecule has 0 fully saturated rings. The van der Waals surface area contributed by atoms with Gasteiger partial charge in [-0.25, -0.2) is 9.97 Å². The van der Waals surface area contributed by atoms with Crippen LogP contribution in [-0.2, 0) is 6.42 Å². The minimum absolute atomic E-state index is 0.145. The Bertz CT molecular complexity index is 1120. The van der Waals surface area contributed by atoms with Crippen LogP contribution in [0, 0.1) is 0 Å². The lowest BCUT2D eigenvalue weighted by Gasteiger charge is -2.36. The lowest BCUT2D eigenvalue weighted by atomic mass is 10.0. The van der Waals surface area contributed by atoms with Crippen LogP contribution in [0.4, 0.5) is 0 Å². The number of fused-ring (bicyclic) bond motifs is 1. The number of nitrogens with zero attached hydrogens (tertiary/aromatic N) is 2. The van der Waals surface area contributed by atoms with Crippen molar-refractivity contribution in [3.8, 4) is 17.1 Å². The number of hydrogen-bond acceptors (Lipinski definition) is 3. The molecule has 0 radical (unpaired) electrons. The van der Waals surface area contributed by atoms with E-state index < -0.39 is 8.32 Å². The van der Waals surface area contributed by atoms with Crippen LogP contribution in [0.5, 0.6) is 5.75 Å². The molecule has 3 rings (SSSR count). The molecule has 0 bridgehead atoms. The predicted molar refractivity (Wildman–Crippen MR) is 159 cm³/mol. The summed E-state index contributed by atoms with van der Waals surface area (Å²) >= 11 is 6.51. The van der Waals surface area contributed by atoms with Gasteiger partial charge in [0.2, 0.25) is 8.32 Å². The summed E-state index contributed by atoms with van der Waals surface area (Å²) in [6, 6.07) is 14.1. The molecule has 0 unspecified atom stereocenters. The van der Waals surface area contributed by atoms with Gasteiger partial charge in [0, 0.05) is 10.9 Å². The van der Waals surface area contributed by atoms with E-state index in [1.54, 1.807) is 0 Å². The molecule has 0 amide bonds. The van der Waals surface area contributed by atoms with E-state index >= 15 is 0 Å². The van der Waals surface area contributed by atoms with E-state index in [9.17, 15) is 0 Å². The summed E-state index contributed by atoms with van der Waals surface area (Å²) in [6.07, 6.45) is 12.8. The van der Waals surface area contributed by atoms with Gasteiger partial charge < -0.3 is 4.43 Å². The summed E-state index contributed by atoms with van der Waals surface area (Å²) < 4.78 is 6.62. The smallest absolute Gasteiger partial charge is 0.250 e. The first kappa shape index (κ1) is 28.7. The van der Waals surface area contributed by atoms with Crippen LogP contribution >= 0.6 is 11.6 Å². The van der Waals surface area contributed by atoms with E-state index in [4.69, 9.17) is 26.0 Å². The van der Waals surface area contributed by atoms with Gasteiger partial charge in [0.1, 0.15) is 5.75 Å². The van der Waals surface area contributed by atoms with Crippen molar-refractivity contribution in [3.05, 3.63) is 53.2 Å². The van der Waals surface area contributed by atoms with Crippen LogP contribution in [0.1, 0.15) is 91.2 Å². The molecule has 1 aromatic heterocycles. The fourth-order valence-corrected chi connectivity index (χ4v) is 5.48. The molecule has 0 N–H and O–H groups in total.